The quantitative estimate of drug-likeness (QED) is 0.535. The molecule has 136 valence electrons. The maximum Gasteiger partial charge on any atom is 0.256 e. The second-order valence-corrected chi connectivity index (χ2v) is 6.86. The van der Waals surface area contributed by atoms with Crippen LogP contribution in [0.25, 0.3) is 0 Å². The summed E-state index contributed by atoms with van der Waals surface area (Å²) in [4.78, 5) is 24.8. The Balaban J connectivity index is 1.74. The van der Waals surface area contributed by atoms with Gasteiger partial charge in [-0.25, -0.2) is 4.39 Å². The molecule has 0 bridgehead atoms. The number of hydrogen-bond acceptors (Lipinski definition) is 2. The lowest BCUT2D eigenvalue weighted by Crippen LogP contribution is -2.15. The summed E-state index contributed by atoms with van der Waals surface area (Å²) in [5.74, 6) is -1.27. The fourth-order valence-corrected chi connectivity index (χ4v) is 3.00. The summed E-state index contributed by atoms with van der Waals surface area (Å²) >= 11 is 9.05. The van der Waals surface area contributed by atoms with Crippen molar-refractivity contribution in [1.82, 2.24) is 0 Å². The Morgan fingerprint density at radius 3 is 2.30 bits per heavy atom. The van der Waals surface area contributed by atoms with Crippen molar-refractivity contribution in [2.45, 2.75) is 0 Å². The third-order valence-corrected chi connectivity index (χ3v) is 4.66. The molecule has 0 radical (unpaired) electrons. The maximum absolute atomic E-state index is 13.2. The van der Waals surface area contributed by atoms with Gasteiger partial charge < -0.3 is 10.6 Å². The van der Waals surface area contributed by atoms with Crippen LogP contribution < -0.4 is 10.6 Å². The van der Waals surface area contributed by atoms with Gasteiger partial charge in [-0.2, -0.15) is 0 Å². The minimum atomic E-state index is -0.563. The zero-order valence-corrected chi connectivity index (χ0v) is 16.1. The van der Waals surface area contributed by atoms with E-state index in [9.17, 15) is 14.0 Å². The van der Waals surface area contributed by atoms with E-state index in [1.54, 1.807) is 42.5 Å². The molecule has 0 fully saturated rings. The van der Waals surface area contributed by atoms with Crippen molar-refractivity contribution >= 4 is 50.7 Å². The molecule has 2 N–H and O–H groups in total. The normalized spacial score (nSPS) is 10.3. The van der Waals surface area contributed by atoms with Crippen molar-refractivity contribution in [3.05, 3.63) is 93.2 Å². The molecule has 0 saturated carbocycles. The number of carbonyl (C=O) groups is 2. The molecule has 27 heavy (non-hydrogen) atoms. The molecule has 0 aliphatic rings. The van der Waals surface area contributed by atoms with Gasteiger partial charge in [-0.15, -0.1) is 0 Å². The van der Waals surface area contributed by atoms with E-state index < -0.39 is 11.7 Å². The first-order chi connectivity index (χ1) is 12.9. The van der Waals surface area contributed by atoms with Gasteiger partial charge in [-0.3, -0.25) is 9.59 Å². The average Bonchev–Trinajstić information content (AvgIpc) is 2.65. The molecule has 4 nitrogen and oxygen atoms in total. The van der Waals surface area contributed by atoms with E-state index in [-0.39, 0.29) is 10.9 Å². The van der Waals surface area contributed by atoms with Gasteiger partial charge in [0, 0.05) is 21.4 Å². The lowest BCUT2D eigenvalue weighted by Gasteiger charge is -2.09. The standard InChI is InChI=1S/C20H13BrClFN2O2/c21-16-7-2-1-6-15(16)20(27)25-13-5-3-4-12(10-13)19(26)24-14-8-9-18(23)17(22)11-14/h1-11H,(H,24,26)(H,25,27). The number of benzene rings is 3. The lowest BCUT2D eigenvalue weighted by molar-refractivity contribution is 0.101. The number of nitrogens with one attached hydrogen (secondary N) is 2. The second-order valence-electron chi connectivity index (χ2n) is 5.60. The van der Waals surface area contributed by atoms with E-state index in [1.807, 2.05) is 6.07 Å². The number of rotatable bonds is 4. The van der Waals surface area contributed by atoms with Crippen molar-refractivity contribution < 1.29 is 14.0 Å². The van der Waals surface area contributed by atoms with Crippen molar-refractivity contribution in [2.75, 3.05) is 10.6 Å². The zero-order chi connectivity index (χ0) is 19.4. The molecule has 3 rings (SSSR count). The number of anilines is 2. The van der Waals surface area contributed by atoms with Gasteiger partial charge >= 0.3 is 0 Å². The number of halogens is 3. The van der Waals surface area contributed by atoms with Crippen LogP contribution in [0.4, 0.5) is 15.8 Å². The molecule has 0 aliphatic heterocycles. The van der Waals surface area contributed by atoms with Gasteiger partial charge in [0.25, 0.3) is 11.8 Å². The van der Waals surface area contributed by atoms with Crippen LogP contribution in [-0.2, 0) is 0 Å². The lowest BCUT2D eigenvalue weighted by atomic mass is 10.1. The van der Waals surface area contributed by atoms with Gasteiger partial charge in [0.2, 0.25) is 0 Å². The summed E-state index contributed by atoms with van der Waals surface area (Å²) in [6.45, 7) is 0. The molecule has 0 aliphatic carbocycles. The van der Waals surface area contributed by atoms with Crippen LogP contribution in [0.15, 0.2) is 71.2 Å². The fraction of sp³-hybridized carbons (Fsp3) is 0. The smallest absolute Gasteiger partial charge is 0.256 e. The molecule has 7 heteroatoms. The summed E-state index contributed by atoms with van der Waals surface area (Å²) in [5.41, 5.74) is 1.66. The third kappa shape index (κ3) is 4.72. The Morgan fingerprint density at radius 2 is 1.56 bits per heavy atom. The van der Waals surface area contributed by atoms with Crippen molar-refractivity contribution in [3.63, 3.8) is 0 Å². The van der Waals surface area contributed by atoms with Gasteiger partial charge in [0.15, 0.2) is 0 Å². The van der Waals surface area contributed by atoms with E-state index in [0.717, 1.165) is 0 Å². The molecule has 0 heterocycles. The highest BCUT2D eigenvalue weighted by Gasteiger charge is 2.12. The SMILES string of the molecule is O=C(Nc1ccc(F)c(Cl)c1)c1cccc(NC(=O)c2ccccc2Br)c1. The Morgan fingerprint density at radius 1 is 0.852 bits per heavy atom. The monoisotopic (exact) mass is 446 g/mol. The highest BCUT2D eigenvalue weighted by molar-refractivity contribution is 9.10. The average molecular weight is 448 g/mol. The third-order valence-electron chi connectivity index (χ3n) is 3.68. The van der Waals surface area contributed by atoms with E-state index in [2.05, 4.69) is 26.6 Å². The zero-order valence-electron chi connectivity index (χ0n) is 13.8. The Bertz CT molecular complexity index is 1030. The topological polar surface area (TPSA) is 58.2 Å². The number of carbonyl (C=O) groups excluding carboxylic acids is 2. The van der Waals surface area contributed by atoms with E-state index in [1.165, 1.54) is 18.2 Å². The molecule has 3 aromatic rings. The molecular weight excluding hydrogens is 435 g/mol. The summed E-state index contributed by atoms with van der Waals surface area (Å²) in [6, 6.07) is 17.4. The Labute approximate surface area is 168 Å². The number of hydrogen-bond donors (Lipinski definition) is 2. The van der Waals surface area contributed by atoms with Crippen molar-refractivity contribution in [1.29, 1.82) is 0 Å². The van der Waals surface area contributed by atoms with E-state index in [4.69, 9.17) is 11.6 Å². The molecule has 3 aromatic carbocycles. The van der Waals surface area contributed by atoms with Crippen LogP contribution >= 0.6 is 27.5 Å². The molecule has 0 aromatic heterocycles. The summed E-state index contributed by atoms with van der Waals surface area (Å²) < 4.78 is 13.9. The van der Waals surface area contributed by atoms with Crippen molar-refractivity contribution in [2.24, 2.45) is 0 Å². The second kappa shape index (κ2) is 8.33. The largest absolute Gasteiger partial charge is 0.322 e. The minimum absolute atomic E-state index is 0.0812. The highest BCUT2D eigenvalue weighted by atomic mass is 79.9. The summed E-state index contributed by atoms with van der Waals surface area (Å²) in [5, 5.41) is 5.31. The molecular formula is C20H13BrClFN2O2. The maximum atomic E-state index is 13.2. The molecule has 2 amide bonds. The summed E-state index contributed by atoms with van der Waals surface area (Å²) in [6.07, 6.45) is 0. The van der Waals surface area contributed by atoms with Gasteiger partial charge in [-0.1, -0.05) is 29.8 Å². The molecule has 0 unspecified atom stereocenters. The van der Waals surface area contributed by atoms with Crippen LogP contribution in [0, 0.1) is 5.82 Å². The van der Waals surface area contributed by atoms with Gasteiger partial charge in [0.05, 0.1) is 10.6 Å². The molecule has 0 spiro atoms. The summed E-state index contributed by atoms with van der Waals surface area (Å²) in [7, 11) is 0. The van der Waals surface area contributed by atoms with Gasteiger partial charge in [-0.05, 0) is 64.5 Å². The first-order valence-electron chi connectivity index (χ1n) is 7.86. The van der Waals surface area contributed by atoms with Crippen LogP contribution in [0.1, 0.15) is 20.7 Å². The molecule has 0 atom stereocenters. The Kier molecular flexibility index (Phi) is 5.88. The predicted molar refractivity (Wildman–Crippen MR) is 108 cm³/mol. The fourth-order valence-electron chi connectivity index (χ4n) is 2.36. The van der Waals surface area contributed by atoms with Gasteiger partial charge in [0.1, 0.15) is 5.82 Å². The van der Waals surface area contributed by atoms with Crippen LogP contribution in [-0.4, -0.2) is 11.8 Å². The molecule has 0 saturated heterocycles. The van der Waals surface area contributed by atoms with Crippen LogP contribution in [0.2, 0.25) is 5.02 Å². The highest BCUT2D eigenvalue weighted by Crippen LogP contribution is 2.21. The number of amides is 2. The first kappa shape index (κ1) is 19.1. The predicted octanol–water partition coefficient (Wildman–Crippen LogP) is 5.75. The van der Waals surface area contributed by atoms with Crippen LogP contribution in [0.3, 0.4) is 0 Å². The van der Waals surface area contributed by atoms with Crippen LogP contribution in [0.5, 0.6) is 0 Å². The Hall–Kier alpha value is -2.70. The van der Waals surface area contributed by atoms with E-state index >= 15 is 0 Å². The van der Waals surface area contributed by atoms with E-state index in [0.29, 0.717) is 27.0 Å². The first-order valence-corrected chi connectivity index (χ1v) is 9.03. The van der Waals surface area contributed by atoms with Crippen molar-refractivity contribution in [3.8, 4) is 0 Å². The minimum Gasteiger partial charge on any atom is -0.322 e.